The highest BCUT2D eigenvalue weighted by atomic mass is 35.5. The number of imide groups is 1. The van der Waals surface area contributed by atoms with E-state index in [0.717, 1.165) is 4.90 Å². The molecule has 1 saturated heterocycles. The number of alkyl halides is 1. The third kappa shape index (κ3) is 2.36. The van der Waals surface area contributed by atoms with E-state index < -0.39 is 16.9 Å². The summed E-state index contributed by atoms with van der Waals surface area (Å²) in [6.07, 6.45) is 0.212. The highest BCUT2D eigenvalue weighted by Gasteiger charge is 2.56. The molecule has 116 valence electrons. The van der Waals surface area contributed by atoms with Crippen LogP contribution in [0.4, 0.5) is 5.69 Å². The number of ether oxygens (including phenoxy) is 1. The molecule has 2 amide bonds. The van der Waals surface area contributed by atoms with Crippen molar-refractivity contribution in [3.63, 3.8) is 0 Å². The molecule has 22 heavy (non-hydrogen) atoms. The highest BCUT2D eigenvalue weighted by Crippen LogP contribution is 2.41. The highest BCUT2D eigenvalue weighted by molar-refractivity contribution is 6.33. The summed E-state index contributed by atoms with van der Waals surface area (Å²) in [5.74, 6) is -0.248. The van der Waals surface area contributed by atoms with Gasteiger partial charge in [-0.15, -0.1) is 0 Å². The molecule has 0 N–H and O–H groups in total. The molecule has 0 unspecified atom stereocenters. The van der Waals surface area contributed by atoms with Crippen molar-refractivity contribution in [2.24, 2.45) is 10.2 Å². The minimum absolute atomic E-state index is 0.0244. The molecule has 2 atom stereocenters. The van der Waals surface area contributed by atoms with Crippen LogP contribution >= 0.6 is 23.2 Å². The van der Waals surface area contributed by atoms with E-state index in [-0.39, 0.29) is 18.7 Å². The van der Waals surface area contributed by atoms with Crippen molar-refractivity contribution in [3.8, 4) is 5.75 Å². The van der Waals surface area contributed by atoms with Crippen LogP contribution in [0, 0.1) is 0 Å². The first-order valence-corrected chi connectivity index (χ1v) is 7.64. The van der Waals surface area contributed by atoms with Crippen LogP contribution < -0.4 is 9.64 Å². The molecule has 1 spiro atoms. The number of hydrogen-bond acceptors (Lipinski definition) is 5. The number of carbonyl (C=O) groups excluding carboxylic acids is 2. The van der Waals surface area contributed by atoms with Gasteiger partial charge in [0.1, 0.15) is 11.3 Å². The van der Waals surface area contributed by atoms with Crippen molar-refractivity contribution in [2.45, 2.75) is 30.8 Å². The van der Waals surface area contributed by atoms with Gasteiger partial charge >= 0.3 is 0 Å². The van der Waals surface area contributed by atoms with Crippen LogP contribution in [0.1, 0.15) is 19.8 Å². The second kappa shape index (κ2) is 5.52. The van der Waals surface area contributed by atoms with Crippen LogP contribution in [-0.2, 0) is 9.59 Å². The summed E-state index contributed by atoms with van der Waals surface area (Å²) in [7, 11) is 0. The molecule has 1 aromatic carbocycles. The zero-order chi connectivity index (χ0) is 15.9. The van der Waals surface area contributed by atoms with E-state index >= 15 is 0 Å². The maximum atomic E-state index is 12.6. The Labute approximate surface area is 137 Å². The van der Waals surface area contributed by atoms with Crippen LogP contribution in [0.15, 0.2) is 28.4 Å². The fourth-order valence-electron chi connectivity index (χ4n) is 2.66. The van der Waals surface area contributed by atoms with Gasteiger partial charge in [0.15, 0.2) is 5.54 Å². The van der Waals surface area contributed by atoms with Gasteiger partial charge in [0.2, 0.25) is 5.91 Å². The van der Waals surface area contributed by atoms with E-state index in [0.29, 0.717) is 23.1 Å². The molecule has 8 heteroatoms. The third-order valence-electron chi connectivity index (χ3n) is 3.65. The molecule has 2 heterocycles. The SMILES string of the molecule is CCOc1ccc(N2C(=O)C[C@@]3(C[C@@H](Cl)N=N3)C2=O)cc1Cl. The topological polar surface area (TPSA) is 71.3 Å². The minimum atomic E-state index is -1.16. The van der Waals surface area contributed by atoms with Crippen molar-refractivity contribution >= 4 is 40.7 Å². The van der Waals surface area contributed by atoms with Gasteiger partial charge in [0.25, 0.3) is 5.91 Å². The fraction of sp³-hybridized carbons (Fsp3) is 0.429. The number of halogens is 2. The maximum Gasteiger partial charge on any atom is 0.264 e. The van der Waals surface area contributed by atoms with Crippen LogP contribution in [-0.4, -0.2) is 29.5 Å². The predicted molar refractivity (Wildman–Crippen MR) is 81.6 cm³/mol. The van der Waals surface area contributed by atoms with Gasteiger partial charge in [-0.2, -0.15) is 10.2 Å². The van der Waals surface area contributed by atoms with E-state index in [2.05, 4.69) is 10.2 Å². The smallest absolute Gasteiger partial charge is 0.264 e. The molecule has 0 bridgehead atoms. The Morgan fingerprint density at radius 2 is 2.23 bits per heavy atom. The van der Waals surface area contributed by atoms with Crippen LogP contribution in [0.2, 0.25) is 5.02 Å². The zero-order valence-electron chi connectivity index (χ0n) is 11.8. The Hall–Kier alpha value is -1.66. The lowest BCUT2D eigenvalue weighted by Crippen LogP contribution is -2.38. The predicted octanol–water partition coefficient (Wildman–Crippen LogP) is 3.16. The number of benzene rings is 1. The molecule has 0 radical (unpaired) electrons. The van der Waals surface area contributed by atoms with Gasteiger partial charge < -0.3 is 4.74 Å². The van der Waals surface area contributed by atoms with E-state index in [9.17, 15) is 9.59 Å². The van der Waals surface area contributed by atoms with E-state index in [1.54, 1.807) is 12.1 Å². The first-order chi connectivity index (χ1) is 10.5. The molecule has 2 aliphatic rings. The van der Waals surface area contributed by atoms with Crippen molar-refractivity contribution in [1.82, 2.24) is 0 Å². The number of nitrogens with zero attached hydrogens (tertiary/aromatic N) is 3. The lowest BCUT2D eigenvalue weighted by Gasteiger charge is -2.18. The molecule has 1 fully saturated rings. The summed E-state index contributed by atoms with van der Waals surface area (Å²) >= 11 is 12.0. The van der Waals surface area contributed by atoms with Crippen LogP contribution in [0.3, 0.4) is 0 Å². The van der Waals surface area contributed by atoms with Gasteiger partial charge in [-0.25, -0.2) is 4.90 Å². The minimum Gasteiger partial charge on any atom is -0.492 e. The molecule has 6 nitrogen and oxygen atoms in total. The second-order valence-electron chi connectivity index (χ2n) is 5.14. The molecular formula is C14H13Cl2N3O3. The van der Waals surface area contributed by atoms with E-state index in [1.807, 2.05) is 6.92 Å². The quantitative estimate of drug-likeness (QED) is 0.481. The molecule has 0 aliphatic carbocycles. The first kappa shape index (κ1) is 15.2. The molecule has 1 aromatic rings. The number of anilines is 1. The van der Waals surface area contributed by atoms with Crippen molar-refractivity contribution in [2.75, 3.05) is 11.5 Å². The Kier molecular flexibility index (Phi) is 3.82. The van der Waals surface area contributed by atoms with Gasteiger partial charge in [-0.1, -0.05) is 23.2 Å². The molecule has 0 saturated carbocycles. The number of carbonyl (C=O) groups is 2. The Morgan fingerprint density at radius 3 is 2.82 bits per heavy atom. The van der Waals surface area contributed by atoms with Crippen LogP contribution in [0.5, 0.6) is 5.75 Å². The molecule has 3 rings (SSSR count). The summed E-state index contributed by atoms with van der Waals surface area (Å²) in [5, 5.41) is 8.07. The Bertz CT molecular complexity index is 679. The van der Waals surface area contributed by atoms with Gasteiger partial charge in [-0.05, 0) is 25.1 Å². The normalized spacial score (nSPS) is 27.2. The molecular weight excluding hydrogens is 329 g/mol. The third-order valence-corrected chi connectivity index (χ3v) is 4.19. The average Bonchev–Trinajstić information content (AvgIpc) is 2.94. The van der Waals surface area contributed by atoms with E-state index in [1.165, 1.54) is 6.07 Å². The Balaban J connectivity index is 1.92. The van der Waals surface area contributed by atoms with E-state index in [4.69, 9.17) is 27.9 Å². The molecule has 0 aromatic heterocycles. The summed E-state index contributed by atoms with van der Waals surface area (Å²) in [5.41, 5.74) is -1.33. The number of amides is 2. The number of azo groups is 1. The van der Waals surface area contributed by atoms with Crippen molar-refractivity contribution in [1.29, 1.82) is 0 Å². The summed E-state index contributed by atoms with van der Waals surface area (Å²) in [6.45, 7) is 2.32. The summed E-state index contributed by atoms with van der Waals surface area (Å²) < 4.78 is 5.34. The van der Waals surface area contributed by atoms with Gasteiger partial charge in [-0.3, -0.25) is 9.59 Å². The largest absolute Gasteiger partial charge is 0.492 e. The van der Waals surface area contributed by atoms with Crippen LogP contribution in [0.25, 0.3) is 0 Å². The fourth-order valence-corrected chi connectivity index (χ4v) is 3.19. The standard InChI is InChI=1S/C14H13Cl2N3O3/c1-2-22-10-4-3-8(5-9(10)15)19-12(20)7-14(13(19)21)6-11(16)17-18-14/h3-5,11H,2,6-7H2,1H3/t11-,14-/m0/s1. The summed E-state index contributed by atoms with van der Waals surface area (Å²) in [4.78, 5) is 26.0. The first-order valence-electron chi connectivity index (χ1n) is 6.82. The molecule has 2 aliphatic heterocycles. The monoisotopic (exact) mass is 341 g/mol. The van der Waals surface area contributed by atoms with Crippen molar-refractivity contribution < 1.29 is 14.3 Å². The number of rotatable bonds is 3. The number of hydrogen-bond donors (Lipinski definition) is 0. The second-order valence-corrected chi connectivity index (χ2v) is 6.06. The van der Waals surface area contributed by atoms with Gasteiger partial charge in [0, 0.05) is 6.42 Å². The Morgan fingerprint density at radius 1 is 1.45 bits per heavy atom. The maximum absolute atomic E-state index is 12.6. The lowest BCUT2D eigenvalue weighted by atomic mass is 9.95. The van der Waals surface area contributed by atoms with Crippen molar-refractivity contribution in [3.05, 3.63) is 23.2 Å². The lowest BCUT2D eigenvalue weighted by molar-refractivity contribution is -0.122. The summed E-state index contributed by atoms with van der Waals surface area (Å²) in [6, 6.07) is 4.79. The van der Waals surface area contributed by atoms with Gasteiger partial charge in [0.05, 0.1) is 23.7 Å². The average molecular weight is 342 g/mol. The zero-order valence-corrected chi connectivity index (χ0v) is 13.3.